The molecule has 2 aromatic carbocycles. The number of hydrogen-bond donors (Lipinski definition) is 1. The minimum Gasteiger partial charge on any atom is -0.334 e. The molecule has 1 amide bonds. The van der Waals surface area contributed by atoms with Gasteiger partial charge in [-0.25, -0.2) is 8.42 Å². The molecule has 0 radical (unpaired) electrons. The summed E-state index contributed by atoms with van der Waals surface area (Å²) >= 11 is 0. The lowest BCUT2D eigenvalue weighted by molar-refractivity contribution is 0.0623. The smallest absolute Gasteiger partial charge is 0.254 e. The Hall–Kier alpha value is -1.89. The lowest BCUT2D eigenvalue weighted by Gasteiger charge is -2.35. The fourth-order valence-corrected chi connectivity index (χ4v) is 4.76. The van der Waals surface area contributed by atoms with E-state index < -0.39 is 9.84 Å². The molecule has 1 atom stereocenters. The molecule has 0 aromatic heterocycles. The van der Waals surface area contributed by atoms with Gasteiger partial charge in [-0.2, -0.15) is 0 Å². The van der Waals surface area contributed by atoms with E-state index in [0.29, 0.717) is 24.2 Å². The van der Waals surface area contributed by atoms with Crippen LogP contribution in [0.25, 0.3) is 0 Å². The van der Waals surface area contributed by atoms with E-state index in [-0.39, 0.29) is 35.0 Å². The second-order valence-corrected chi connectivity index (χ2v) is 8.65. The van der Waals surface area contributed by atoms with E-state index in [1.807, 2.05) is 4.90 Å². The van der Waals surface area contributed by atoms with Crippen molar-refractivity contribution in [2.45, 2.75) is 36.0 Å². The van der Waals surface area contributed by atoms with E-state index in [0.717, 1.165) is 19.3 Å². The third-order valence-electron chi connectivity index (χ3n) is 4.79. The normalized spacial score (nSPS) is 17.2. The van der Waals surface area contributed by atoms with Crippen molar-refractivity contribution in [3.8, 4) is 0 Å². The summed E-state index contributed by atoms with van der Waals surface area (Å²) in [6.07, 6.45) is 2.98. The standard InChI is InChI=1S/C20H24N2O3S.ClH/c21-14-18-9-4-5-12-22(18)20(23)17-8-6-7-16(13-17)15-26(24,25)19-10-2-1-3-11-19;/h1-3,6-8,10-11,13,18H,4-5,9,12,14-15,21H2;1H. The van der Waals surface area contributed by atoms with Crippen LogP contribution < -0.4 is 5.73 Å². The molecule has 1 saturated heterocycles. The zero-order valence-corrected chi connectivity index (χ0v) is 16.7. The van der Waals surface area contributed by atoms with Gasteiger partial charge in [-0.05, 0) is 49.1 Å². The summed E-state index contributed by atoms with van der Waals surface area (Å²) in [6, 6.07) is 15.3. The first kappa shape index (κ1) is 21.4. The van der Waals surface area contributed by atoms with Crippen LogP contribution >= 0.6 is 12.4 Å². The van der Waals surface area contributed by atoms with Crippen LogP contribution in [0.1, 0.15) is 35.2 Å². The van der Waals surface area contributed by atoms with Gasteiger partial charge in [0.2, 0.25) is 0 Å². The van der Waals surface area contributed by atoms with Gasteiger partial charge in [-0.15, -0.1) is 12.4 Å². The minimum atomic E-state index is -3.44. The molecule has 7 heteroatoms. The predicted molar refractivity (Wildman–Crippen MR) is 109 cm³/mol. The third-order valence-corrected chi connectivity index (χ3v) is 6.50. The molecule has 0 saturated carbocycles. The Labute approximate surface area is 166 Å². The largest absolute Gasteiger partial charge is 0.334 e. The number of carbonyl (C=O) groups excluding carboxylic acids is 1. The van der Waals surface area contributed by atoms with Crippen LogP contribution in [0, 0.1) is 0 Å². The molecule has 0 spiro atoms. The average Bonchev–Trinajstić information content (AvgIpc) is 2.68. The monoisotopic (exact) mass is 408 g/mol. The van der Waals surface area contributed by atoms with Crippen LogP contribution in [0.2, 0.25) is 0 Å². The average molecular weight is 409 g/mol. The Bertz CT molecular complexity index is 872. The molecule has 1 aliphatic heterocycles. The maximum absolute atomic E-state index is 12.9. The highest BCUT2D eigenvalue weighted by Crippen LogP contribution is 2.21. The van der Waals surface area contributed by atoms with E-state index in [1.54, 1.807) is 54.6 Å². The fraction of sp³-hybridized carbons (Fsp3) is 0.350. The van der Waals surface area contributed by atoms with Gasteiger partial charge in [0.15, 0.2) is 9.84 Å². The number of rotatable bonds is 5. The highest BCUT2D eigenvalue weighted by atomic mass is 35.5. The quantitative estimate of drug-likeness (QED) is 0.824. The van der Waals surface area contributed by atoms with E-state index in [2.05, 4.69) is 0 Å². The molecule has 2 aromatic rings. The third kappa shape index (κ3) is 5.09. The Balaban J connectivity index is 0.00000261. The topological polar surface area (TPSA) is 80.5 Å². The zero-order valence-electron chi connectivity index (χ0n) is 15.1. The van der Waals surface area contributed by atoms with E-state index in [9.17, 15) is 13.2 Å². The van der Waals surface area contributed by atoms with Crippen LogP contribution in [0.3, 0.4) is 0 Å². The summed E-state index contributed by atoms with van der Waals surface area (Å²) in [6.45, 7) is 1.15. The number of halogens is 1. The summed E-state index contributed by atoms with van der Waals surface area (Å²) in [5.41, 5.74) is 6.95. The molecule has 5 nitrogen and oxygen atoms in total. The first-order chi connectivity index (χ1) is 12.5. The minimum absolute atomic E-state index is 0. The van der Waals surface area contributed by atoms with E-state index >= 15 is 0 Å². The SMILES string of the molecule is Cl.NCC1CCCCN1C(=O)c1cccc(CS(=O)(=O)c2ccccc2)c1. The predicted octanol–water partition coefficient (Wildman–Crippen LogP) is 3.04. The van der Waals surface area contributed by atoms with Gasteiger partial charge >= 0.3 is 0 Å². The molecule has 1 aliphatic rings. The van der Waals surface area contributed by atoms with Crippen LogP contribution in [-0.4, -0.2) is 38.4 Å². The molecular formula is C20H25ClN2O3S. The second kappa shape index (κ2) is 9.35. The van der Waals surface area contributed by atoms with Crippen molar-refractivity contribution >= 4 is 28.2 Å². The van der Waals surface area contributed by atoms with Gasteiger partial charge in [-0.1, -0.05) is 30.3 Å². The van der Waals surface area contributed by atoms with Crippen molar-refractivity contribution in [1.82, 2.24) is 4.90 Å². The van der Waals surface area contributed by atoms with Crippen LogP contribution in [0.5, 0.6) is 0 Å². The lowest BCUT2D eigenvalue weighted by atomic mass is 10.0. The molecule has 27 heavy (non-hydrogen) atoms. The maximum atomic E-state index is 12.9. The van der Waals surface area contributed by atoms with Gasteiger partial charge in [0.1, 0.15) is 0 Å². The van der Waals surface area contributed by atoms with Crippen molar-refractivity contribution < 1.29 is 13.2 Å². The van der Waals surface area contributed by atoms with Crippen molar-refractivity contribution in [1.29, 1.82) is 0 Å². The van der Waals surface area contributed by atoms with Crippen LogP contribution in [0.4, 0.5) is 0 Å². The number of piperidine rings is 1. The number of hydrogen-bond acceptors (Lipinski definition) is 4. The number of sulfone groups is 1. The highest BCUT2D eigenvalue weighted by Gasteiger charge is 2.26. The van der Waals surface area contributed by atoms with Crippen LogP contribution in [0.15, 0.2) is 59.5 Å². The van der Waals surface area contributed by atoms with Crippen molar-refractivity contribution in [3.05, 3.63) is 65.7 Å². The number of nitrogens with two attached hydrogens (primary N) is 1. The summed E-state index contributed by atoms with van der Waals surface area (Å²) in [5.74, 6) is -0.197. The second-order valence-electron chi connectivity index (χ2n) is 6.66. The Morgan fingerprint density at radius 3 is 2.52 bits per heavy atom. The summed E-state index contributed by atoms with van der Waals surface area (Å²) < 4.78 is 25.1. The van der Waals surface area contributed by atoms with Crippen molar-refractivity contribution in [2.24, 2.45) is 5.73 Å². The fourth-order valence-electron chi connectivity index (χ4n) is 3.40. The zero-order chi connectivity index (χ0) is 18.6. The number of carbonyl (C=O) groups is 1. The van der Waals surface area contributed by atoms with E-state index in [4.69, 9.17) is 5.73 Å². The molecule has 1 fully saturated rings. The summed E-state index contributed by atoms with van der Waals surface area (Å²) in [5, 5.41) is 0. The molecule has 0 bridgehead atoms. The highest BCUT2D eigenvalue weighted by molar-refractivity contribution is 7.90. The number of benzene rings is 2. The molecule has 2 N–H and O–H groups in total. The van der Waals surface area contributed by atoms with Crippen LogP contribution in [-0.2, 0) is 15.6 Å². The molecule has 0 aliphatic carbocycles. The number of amides is 1. The summed E-state index contributed by atoms with van der Waals surface area (Å²) in [7, 11) is -3.44. The number of likely N-dealkylation sites (tertiary alicyclic amines) is 1. The molecule has 3 rings (SSSR count). The first-order valence-corrected chi connectivity index (χ1v) is 10.5. The Morgan fingerprint density at radius 1 is 1.07 bits per heavy atom. The van der Waals surface area contributed by atoms with Gasteiger partial charge in [-0.3, -0.25) is 4.79 Å². The van der Waals surface area contributed by atoms with E-state index in [1.165, 1.54) is 0 Å². The van der Waals surface area contributed by atoms with Crippen molar-refractivity contribution in [3.63, 3.8) is 0 Å². The van der Waals surface area contributed by atoms with Gasteiger partial charge in [0, 0.05) is 24.7 Å². The van der Waals surface area contributed by atoms with Gasteiger partial charge in [0.25, 0.3) is 5.91 Å². The molecular weight excluding hydrogens is 384 g/mol. The molecule has 146 valence electrons. The maximum Gasteiger partial charge on any atom is 0.254 e. The molecule has 1 heterocycles. The Morgan fingerprint density at radius 2 is 1.81 bits per heavy atom. The Kier molecular flexibility index (Phi) is 7.41. The lowest BCUT2D eigenvalue weighted by Crippen LogP contribution is -2.47. The van der Waals surface area contributed by atoms with Gasteiger partial charge in [0.05, 0.1) is 10.6 Å². The molecule has 1 unspecified atom stereocenters. The van der Waals surface area contributed by atoms with Crippen molar-refractivity contribution in [2.75, 3.05) is 13.1 Å². The van der Waals surface area contributed by atoms with Gasteiger partial charge < -0.3 is 10.6 Å². The first-order valence-electron chi connectivity index (χ1n) is 8.89. The summed E-state index contributed by atoms with van der Waals surface area (Å²) in [4.78, 5) is 15.0. The number of nitrogens with zero attached hydrogens (tertiary/aromatic N) is 1.